The summed E-state index contributed by atoms with van der Waals surface area (Å²) >= 11 is 0. The number of urea groups is 1. The fourth-order valence-corrected chi connectivity index (χ4v) is 2.40. The van der Waals surface area contributed by atoms with Crippen molar-refractivity contribution in [2.75, 3.05) is 44.9 Å². The Morgan fingerprint density at radius 2 is 2.35 bits per heavy atom. The number of rotatable bonds is 7. The van der Waals surface area contributed by atoms with Gasteiger partial charge in [-0.05, 0) is 25.0 Å². The Morgan fingerprint density at radius 1 is 1.48 bits per heavy atom. The molecule has 0 saturated carbocycles. The highest BCUT2D eigenvalue weighted by molar-refractivity contribution is 5.73. The van der Waals surface area contributed by atoms with E-state index in [1.807, 2.05) is 12.1 Å². The van der Waals surface area contributed by atoms with Gasteiger partial charge in [-0.25, -0.2) is 9.78 Å². The zero-order chi connectivity index (χ0) is 16.5. The molecule has 1 aromatic rings. The molecule has 0 bridgehead atoms. The van der Waals surface area contributed by atoms with Crippen LogP contribution in [-0.4, -0.2) is 57.1 Å². The van der Waals surface area contributed by atoms with Crippen LogP contribution in [0, 0.1) is 0 Å². The molecule has 0 spiro atoms. The maximum absolute atomic E-state index is 11.6. The van der Waals surface area contributed by atoms with Crippen molar-refractivity contribution in [3.8, 4) is 0 Å². The number of nitrogens with one attached hydrogen (secondary N) is 2. The van der Waals surface area contributed by atoms with Crippen molar-refractivity contribution >= 4 is 11.8 Å². The number of anilines is 1. The van der Waals surface area contributed by atoms with E-state index in [0.29, 0.717) is 19.7 Å². The topological polar surface area (TPSA) is 75.7 Å². The summed E-state index contributed by atoms with van der Waals surface area (Å²) in [5.74, 6) is 0.952. The molecule has 1 atom stereocenters. The number of carbonyl (C=O) groups excluding carboxylic acids is 1. The molecule has 1 aliphatic rings. The van der Waals surface area contributed by atoms with Crippen LogP contribution in [0.15, 0.2) is 18.3 Å². The van der Waals surface area contributed by atoms with E-state index in [0.717, 1.165) is 37.5 Å². The summed E-state index contributed by atoms with van der Waals surface area (Å²) in [6.45, 7) is 6.22. The predicted molar refractivity (Wildman–Crippen MR) is 88.6 cm³/mol. The molecule has 2 amide bonds. The molecule has 1 aromatic heterocycles. The van der Waals surface area contributed by atoms with Gasteiger partial charge in [-0.3, -0.25) is 0 Å². The molecule has 23 heavy (non-hydrogen) atoms. The van der Waals surface area contributed by atoms with Crippen molar-refractivity contribution in [2.24, 2.45) is 0 Å². The highest BCUT2D eigenvalue weighted by Gasteiger charge is 2.17. The largest absolute Gasteiger partial charge is 0.385 e. The quantitative estimate of drug-likeness (QED) is 0.736. The second kappa shape index (κ2) is 9.32. The van der Waals surface area contributed by atoms with Crippen LogP contribution in [0.25, 0.3) is 0 Å². The SMILES string of the molecule is COCCCNC(=O)NCc1ccc(N2CCO[C@@H](C)C2)nc1. The van der Waals surface area contributed by atoms with E-state index < -0.39 is 0 Å². The zero-order valence-electron chi connectivity index (χ0n) is 13.9. The van der Waals surface area contributed by atoms with Gasteiger partial charge in [0.15, 0.2) is 0 Å². The molecule has 7 heteroatoms. The summed E-state index contributed by atoms with van der Waals surface area (Å²) in [6, 6.07) is 3.81. The van der Waals surface area contributed by atoms with Gasteiger partial charge in [0.1, 0.15) is 5.82 Å². The standard InChI is InChI=1S/C16H26N4O3/c1-13-12-20(7-9-23-13)15-5-4-14(10-18-15)11-19-16(21)17-6-3-8-22-2/h4-5,10,13H,3,6-9,11-12H2,1-2H3,(H2,17,19,21)/t13-/m0/s1. The van der Waals surface area contributed by atoms with Crippen molar-refractivity contribution < 1.29 is 14.3 Å². The summed E-state index contributed by atoms with van der Waals surface area (Å²) < 4.78 is 10.5. The number of amides is 2. The highest BCUT2D eigenvalue weighted by Crippen LogP contribution is 2.15. The highest BCUT2D eigenvalue weighted by atomic mass is 16.5. The van der Waals surface area contributed by atoms with Crippen molar-refractivity contribution in [2.45, 2.75) is 26.0 Å². The van der Waals surface area contributed by atoms with Crippen molar-refractivity contribution in [3.05, 3.63) is 23.9 Å². The number of hydrogen-bond donors (Lipinski definition) is 2. The Balaban J connectivity index is 1.73. The van der Waals surface area contributed by atoms with Crippen LogP contribution in [0.5, 0.6) is 0 Å². The van der Waals surface area contributed by atoms with Crippen LogP contribution in [0.1, 0.15) is 18.9 Å². The molecule has 0 radical (unpaired) electrons. The lowest BCUT2D eigenvalue weighted by Gasteiger charge is -2.32. The average Bonchev–Trinajstić information content (AvgIpc) is 2.57. The average molecular weight is 322 g/mol. The summed E-state index contributed by atoms with van der Waals surface area (Å²) in [4.78, 5) is 18.3. The second-order valence-electron chi connectivity index (χ2n) is 5.61. The molecule has 2 rings (SSSR count). The molecular weight excluding hydrogens is 296 g/mol. The molecular formula is C16H26N4O3. The molecule has 0 aliphatic carbocycles. The first-order chi connectivity index (χ1) is 11.2. The van der Waals surface area contributed by atoms with Gasteiger partial charge in [0, 0.05) is 46.1 Å². The summed E-state index contributed by atoms with van der Waals surface area (Å²) in [5, 5.41) is 5.60. The van der Waals surface area contributed by atoms with Crippen molar-refractivity contribution in [1.82, 2.24) is 15.6 Å². The minimum Gasteiger partial charge on any atom is -0.385 e. The van der Waals surface area contributed by atoms with E-state index in [4.69, 9.17) is 9.47 Å². The first-order valence-electron chi connectivity index (χ1n) is 8.01. The fraction of sp³-hybridized carbons (Fsp3) is 0.625. The van der Waals surface area contributed by atoms with E-state index in [1.54, 1.807) is 13.3 Å². The van der Waals surface area contributed by atoms with Crippen LogP contribution in [0.4, 0.5) is 10.6 Å². The summed E-state index contributed by atoms with van der Waals surface area (Å²) in [5.41, 5.74) is 0.974. The van der Waals surface area contributed by atoms with E-state index in [2.05, 4.69) is 27.4 Å². The van der Waals surface area contributed by atoms with E-state index in [9.17, 15) is 4.79 Å². The maximum atomic E-state index is 11.6. The number of morpholine rings is 1. The van der Waals surface area contributed by atoms with Crippen LogP contribution >= 0.6 is 0 Å². The monoisotopic (exact) mass is 322 g/mol. The van der Waals surface area contributed by atoms with Gasteiger partial charge in [-0.15, -0.1) is 0 Å². The molecule has 2 heterocycles. The van der Waals surface area contributed by atoms with Crippen LogP contribution in [0.3, 0.4) is 0 Å². The van der Waals surface area contributed by atoms with Gasteiger partial charge in [0.05, 0.1) is 12.7 Å². The number of aromatic nitrogens is 1. The third-order valence-corrected chi connectivity index (χ3v) is 3.64. The minimum atomic E-state index is -0.174. The number of methoxy groups -OCH3 is 1. The fourth-order valence-electron chi connectivity index (χ4n) is 2.40. The van der Waals surface area contributed by atoms with Gasteiger partial charge in [-0.1, -0.05) is 6.07 Å². The smallest absolute Gasteiger partial charge is 0.315 e. The van der Waals surface area contributed by atoms with Gasteiger partial charge in [-0.2, -0.15) is 0 Å². The summed E-state index contributed by atoms with van der Waals surface area (Å²) in [7, 11) is 1.65. The third kappa shape index (κ3) is 6.03. The first kappa shape index (κ1) is 17.5. The molecule has 1 saturated heterocycles. The van der Waals surface area contributed by atoms with E-state index in [1.165, 1.54) is 0 Å². The maximum Gasteiger partial charge on any atom is 0.315 e. The summed E-state index contributed by atoms with van der Waals surface area (Å²) in [6.07, 6.45) is 2.84. The van der Waals surface area contributed by atoms with E-state index >= 15 is 0 Å². The molecule has 0 unspecified atom stereocenters. The van der Waals surface area contributed by atoms with E-state index in [-0.39, 0.29) is 12.1 Å². The van der Waals surface area contributed by atoms with Crippen LogP contribution in [-0.2, 0) is 16.0 Å². The lowest BCUT2D eigenvalue weighted by molar-refractivity contribution is 0.0529. The number of ether oxygens (including phenoxy) is 2. The zero-order valence-corrected chi connectivity index (χ0v) is 13.9. The minimum absolute atomic E-state index is 0.174. The van der Waals surface area contributed by atoms with Gasteiger partial charge in [0.25, 0.3) is 0 Å². The molecule has 7 nitrogen and oxygen atoms in total. The van der Waals surface area contributed by atoms with Crippen LogP contribution < -0.4 is 15.5 Å². The lowest BCUT2D eigenvalue weighted by Crippen LogP contribution is -2.41. The van der Waals surface area contributed by atoms with Gasteiger partial charge >= 0.3 is 6.03 Å². The van der Waals surface area contributed by atoms with Gasteiger partial charge < -0.3 is 25.0 Å². The molecule has 2 N–H and O–H groups in total. The van der Waals surface area contributed by atoms with Crippen molar-refractivity contribution in [3.63, 3.8) is 0 Å². The Bertz CT molecular complexity index is 481. The molecule has 1 fully saturated rings. The second-order valence-corrected chi connectivity index (χ2v) is 5.61. The molecule has 128 valence electrons. The molecule has 1 aliphatic heterocycles. The Morgan fingerprint density at radius 3 is 3.04 bits per heavy atom. The Labute approximate surface area is 137 Å². The number of pyridine rings is 1. The Kier molecular flexibility index (Phi) is 7.09. The normalized spacial score (nSPS) is 17.8. The predicted octanol–water partition coefficient (Wildman–Crippen LogP) is 1.14. The number of hydrogen-bond acceptors (Lipinski definition) is 5. The third-order valence-electron chi connectivity index (χ3n) is 3.64. The number of nitrogens with zero attached hydrogens (tertiary/aromatic N) is 2. The lowest BCUT2D eigenvalue weighted by atomic mass is 10.2. The van der Waals surface area contributed by atoms with Crippen molar-refractivity contribution in [1.29, 1.82) is 0 Å². The Hall–Kier alpha value is -1.86. The first-order valence-corrected chi connectivity index (χ1v) is 8.01. The number of carbonyl (C=O) groups is 1. The molecule has 0 aromatic carbocycles. The van der Waals surface area contributed by atoms with Gasteiger partial charge in [0.2, 0.25) is 0 Å². The van der Waals surface area contributed by atoms with Crippen LogP contribution in [0.2, 0.25) is 0 Å².